The zero-order valence-electron chi connectivity index (χ0n) is 12.2. The molecule has 0 aromatic heterocycles. The molecule has 1 aromatic carbocycles. The van der Waals surface area contributed by atoms with E-state index in [1.54, 1.807) is 11.9 Å². The number of rotatable bonds is 3. The van der Waals surface area contributed by atoms with Gasteiger partial charge in [0.1, 0.15) is 6.29 Å². The molecular formula is C15H19F3N2O. The first-order valence-corrected chi connectivity index (χ1v) is 6.90. The average molecular weight is 300 g/mol. The standard InChI is InChI=1S/C15H19F3N2O/c1-19-7-3-4-12(9-19)20(2)14-6-5-11(10-21)8-13(14)15(16,17)18/h5-6,8,10,12H,3-4,7,9H2,1-2H3. The summed E-state index contributed by atoms with van der Waals surface area (Å²) >= 11 is 0. The van der Waals surface area contributed by atoms with Gasteiger partial charge in [0, 0.05) is 30.9 Å². The molecule has 1 aromatic rings. The molecule has 0 amide bonds. The van der Waals surface area contributed by atoms with E-state index in [0.717, 1.165) is 32.0 Å². The van der Waals surface area contributed by atoms with E-state index >= 15 is 0 Å². The number of hydrogen-bond donors (Lipinski definition) is 0. The van der Waals surface area contributed by atoms with Crippen LogP contribution >= 0.6 is 0 Å². The van der Waals surface area contributed by atoms with Gasteiger partial charge in [0.2, 0.25) is 0 Å². The summed E-state index contributed by atoms with van der Waals surface area (Å²) in [6.07, 6.45) is -2.19. The number of piperidine rings is 1. The summed E-state index contributed by atoms with van der Waals surface area (Å²) in [6, 6.07) is 3.79. The van der Waals surface area contributed by atoms with Crippen molar-refractivity contribution in [2.45, 2.75) is 25.1 Å². The number of benzene rings is 1. The Hall–Kier alpha value is -1.56. The molecule has 116 valence electrons. The fourth-order valence-corrected chi connectivity index (χ4v) is 2.81. The summed E-state index contributed by atoms with van der Waals surface area (Å²) in [5.41, 5.74) is -0.573. The molecule has 6 heteroatoms. The molecule has 0 N–H and O–H groups in total. The first-order chi connectivity index (χ1) is 9.82. The van der Waals surface area contributed by atoms with Crippen LogP contribution in [0.4, 0.5) is 18.9 Å². The Bertz CT molecular complexity index is 516. The zero-order valence-corrected chi connectivity index (χ0v) is 12.2. The van der Waals surface area contributed by atoms with Gasteiger partial charge in [-0.15, -0.1) is 0 Å². The summed E-state index contributed by atoms with van der Waals surface area (Å²) in [5, 5.41) is 0. The molecular weight excluding hydrogens is 281 g/mol. The second kappa shape index (κ2) is 6.05. The molecule has 1 fully saturated rings. The molecule has 3 nitrogen and oxygen atoms in total. The zero-order chi connectivity index (χ0) is 15.6. The third kappa shape index (κ3) is 3.56. The van der Waals surface area contributed by atoms with E-state index in [0.29, 0.717) is 6.29 Å². The van der Waals surface area contributed by atoms with Crippen molar-refractivity contribution >= 4 is 12.0 Å². The van der Waals surface area contributed by atoms with E-state index in [1.165, 1.54) is 12.1 Å². The van der Waals surface area contributed by atoms with Crippen LogP contribution in [0.25, 0.3) is 0 Å². The molecule has 1 aliphatic rings. The second-order valence-corrected chi connectivity index (χ2v) is 5.56. The Labute approximate surface area is 122 Å². The number of alkyl halides is 3. The van der Waals surface area contributed by atoms with Gasteiger partial charge in [-0.25, -0.2) is 0 Å². The van der Waals surface area contributed by atoms with Crippen LogP contribution in [-0.4, -0.2) is 44.4 Å². The first kappa shape index (κ1) is 15.8. The van der Waals surface area contributed by atoms with Crippen molar-refractivity contribution in [1.82, 2.24) is 4.90 Å². The maximum Gasteiger partial charge on any atom is 0.418 e. The van der Waals surface area contributed by atoms with Crippen molar-refractivity contribution in [1.29, 1.82) is 0 Å². The van der Waals surface area contributed by atoms with Crippen LogP contribution in [0, 0.1) is 0 Å². The van der Waals surface area contributed by atoms with Gasteiger partial charge in [-0.05, 0) is 44.6 Å². The van der Waals surface area contributed by atoms with E-state index in [9.17, 15) is 18.0 Å². The van der Waals surface area contributed by atoms with Crippen LogP contribution in [0.15, 0.2) is 18.2 Å². The Morgan fingerprint density at radius 1 is 1.38 bits per heavy atom. The highest BCUT2D eigenvalue weighted by molar-refractivity contribution is 5.77. The molecule has 1 unspecified atom stereocenters. The Morgan fingerprint density at radius 2 is 2.10 bits per heavy atom. The van der Waals surface area contributed by atoms with Crippen LogP contribution in [0.3, 0.4) is 0 Å². The van der Waals surface area contributed by atoms with Gasteiger partial charge in [0.05, 0.1) is 5.56 Å². The lowest BCUT2D eigenvalue weighted by Gasteiger charge is -2.38. The Kier molecular flexibility index (Phi) is 4.56. The maximum absolute atomic E-state index is 13.2. The summed E-state index contributed by atoms with van der Waals surface area (Å²) in [4.78, 5) is 14.5. The highest BCUT2D eigenvalue weighted by Crippen LogP contribution is 2.38. The lowest BCUT2D eigenvalue weighted by atomic mass is 10.0. The molecule has 0 bridgehead atoms. The summed E-state index contributed by atoms with van der Waals surface area (Å²) in [6.45, 7) is 1.71. The maximum atomic E-state index is 13.2. The predicted octanol–water partition coefficient (Wildman–Crippen LogP) is 3.05. The monoisotopic (exact) mass is 300 g/mol. The smallest absolute Gasteiger partial charge is 0.370 e. The quantitative estimate of drug-likeness (QED) is 0.802. The number of nitrogens with zero attached hydrogens (tertiary/aromatic N) is 2. The minimum atomic E-state index is -4.47. The molecule has 0 radical (unpaired) electrons. The van der Waals surface area contributed by atoms with Gasteiger partial charge >= 0.3 is 6.18 Å². The second-order valence-electron chi connectivity index (χ2n) is 5.56. The van der Waals surface area contributed by atoms with Crippen LogP contribution in [0.1, 0.15) is 28.8 Å². The van der Waals surface area contributed by atoms with E-state index in [-0.39, 0.29) is 17.3 Å². The van der Waals surface area contributed by atoms with Crippen molar-refractivity contribution in [2.24, 2.45) is 0 Å². The fraction of sp³-hybridized carbons (Fsp3) is 0.533. The summed E-state index contributed by atoms with van der Waals surface area (Å²) in [7, 11) is 3.66. The van der Waals surface area contributed by atoms with E-state index in [1.807, 2.05) is 7.05 Å². The lowest BCUT2D eigenvalue weighted by molar-refractivity contribution is -0.137. The molecule has 1 saturated heterocycles. The molecule has 2 rings (SSSR count). The number of carbonyl (C=O) groups is 1. The number of halogens is 3. The summed E-state index contributed by atoms with van der Waals surface area (Å²) in [5.74, 6) is 0. The summed E-state index contributed by atoms with van der Waals surface area (Å²) < 4.78 is 39.6. The topological polar surface area (TPSA) is 23.6 Å². The molecule has 1 atom stereocenters. The number of aldehydes is 1. The first-order valence-electron chi connectivity index (χ1n) is 6.90. The highest BCUT2D eigenvalue weighted by atomic mass is 19.4. The minimum Gasteiger partial charge on any atom is -0.370 e. The third-order valence-corrected chi connectivity index (χ3v) is 3.99. The van der Waals surface area contributed by atoms with Crippen LogP contribution in [-0.2, 0) is 6.18 Å². The average Bonchev–Trinajstić information content (AvgIpc) is 2.45. The van der Waals surface area contributed by atoms with Gasteiger partial charge < -0.3 is 9.80 Å². The highest BCUT2D eigenvalue weighted by Gasteiger charge is 2.36. The normalized spacial score (nSPS) is 20.3. The number of hydrogen-bond acceptors (Lipinski definition) is 3. The van der Waals surface area contributed by atoms with Crippen molar-refractivity contribution in [3.8, 4) is 0 Å². The number of anilines is 1. The fourth-order valence-electron chi connectivity index (χ4n) is 2.81. The van der Waals surface area contributed by atoms with Gasteiger partial charge in [0.25, 0.3) is 0 Å². The number of likely N-dealkylation sites (tertiary alicyclic amines) is 1. The predicted molar refractivity (Wildman–Crippen MR) is 75.8 cm³/mol. The third-order valence-electron chi connectivity index (χ3n) is 3.99. The SMILES string of the molecule is CN1CCCC(N(C)c2ccc(C=O)cc2C(F)(F)F)C1. The van der Waals surface area contributed by atoms with Crippen molar-refractivity contribution < 1.29 is 18.0 Å². The van der Waals surface area contributed by atoms with Crippen LogP contribution in [0.5, 0.6) is 0 Å². The number of likely N-dealkylation sites (N-methyl/N-ethyl adjacent to an activating group) is 2. The van der Waals surface area contributed by atoms with Gasteiger partial charge in [-0.2, -0.15) is 13.2 Å². The molecule has 0 saturated carbocycles. The van der Waals surface area contributed by atoms with Gasteiger partial charge in [-0.1, -0.05) is 0 Å². The van der Waals surface area contributed by atoms with E-state index in [4.69, 9.17) is 0 Å². The number of carbonyl (C=O) groups excluding carboxylic acids is 1. The van der Waals surface area contributed by atoms with Crippen molar-refractivity contribution in [3.63, 3.8) is 0 Å². The van der Waals surface area contributed by atoms with E-state index in [2.05, 4.69) is 4.90 Å². The van der Waals surface area contributed by atoms with Crippen molar-refractivity contribution in [2.75, 3.05) is 32.1 Å². The molecule has 1 aliphatic heterocycles. The Morgan fingerprint density at radius 3 is 2.67 bits per heavy atom. The molecule has 21 heavy (non-hydrogen) atoms. The van der Waals surface area contributed by atoms with E-state index < -0.39 is 11.7 Å². The van der Waals surface area contributed by atoms with Crippen molar-refractivity contribution in [3.05, 3.63) is 29.3 Å². The van der Waals surface area contributed by atoms with Crippen LogP contribution < -0.4 is 4.90 Å². The molecule has 0 spiro atoms. The van der Waals surface area contributed by atoms with Gasteiger partial charge in [0.15, 0.2) is 0 Å². The van der Waals surface area contributed by atoms with Gasteiger partial charge in [-0.3, -0.25) is 4.79 Å². The lowest BCUT2D eigenvalue weighted by Crippen LogP contribution is -2.45. The van der Waals surface area contributed by atoms with Crippen LogP contribution in [0.2, 0.25) is 0 Å². The minimum absolute atomic E-state index is 0.0419. The molecule has 1 heterocycles. The largest absolute Gasteiger partial charge is 0.418 e. The Balaban J connectivity index is 2.35. The molecule has 0 aliphatic carbocycles.